The van der Waals surface area contributed by atoms with Crippen molar-refractivity contribution in [3.8, 4) is 17.2 Å². The van der Waals surface area contributed by atoms with Gasteiger partial charge >= 0.3 is 6.03 Å². The number of hydrogen-bond acceptors (Lipinski definition) is 5. The Morgan fingerprint density at radius 2 is 1.65 bits per heavy atom. The molecular formula is C23H37N3O5. The van der Waals surface area contributed by atoms with Gasteiger partial charge in [0.1, 0.15) is 0 Å². The summed E-state index contributed by atoms with van der Waals surface area (Å²) in [6.07, 6.45) is 0. The van der Waals surface area contributed by atoms with Crippen LogP contribution in [0.15, 0.2) is 12.1 Å². The third kappa shape index (κ3) is 6.18. The summed E-state index contributed by atoms with van der Waals surface area (Å²) in [6.45, 7) is 11.3. The third-order valence-electron chi connectivity index (χ3n) is 5.23. The van der Waals surface area contributed by atoms with Crippen molar-refractivity contribution < 1.29 is 23.8 Å². The number of urea groups is 1. The Balaban J connectivity index is 2.40. The van der Waals surface area contributed by atoms with Crippen molar-refractivity contribution >= 4 is 11.9 Å². The first-order chi connectivity index (χ1) is 14.5. The summed E-state index contributed by atoms with van der Waals surface area (Å²) in [4.78, 5) is 27.6. The number of benzene rings is 1. The standard InChI is InChI=1S/C23H37N3O5/c1-14(2)11-24-21(27)17-13-26(22(28)25-23(3,4)5)12-16(17)15-9-18(29-6)20(31-8)19(10-15)30-7/h9-10,14,16-17H,11-13H2,1-8H3,(H,24,27)(H,25,28)/t16-,17-/m0/s1. The predicted octanol–water partition coefficient (Wildman–Crippen LogP) is 3.01. The molecule has 2 atom stereocenters. The summed E-state index contributed by atoms with van der Waals surface area (Å²) in [6, 6.07) is 3.55. The highest BCUT2D eigenvalue weighted by molar-refractivity contribution is 5.83. The first-order valence-corrected chi connectivity index (χ1v) is 10.6. The normalized spacial score (nSPS) is 18.7. The van der Waals surface area contributed by atoms with Crippen molar-refractivity contribution in [1.82, 2.24) is 15.5 Å². The summed E-state index contributed by atoms with van der Waals surface area (Å²) >= 11 is 0. The van der Waals surface area contributed by atoms with E-state index in [0.717, 1.165) is 5.56 Å². The molecule has 1 aromatic rings. The molecule has 0 bridgehead atoms. The van der Waals surface area contributed by atoms with E-state index in [0.29, 0.717) is 42.8 Å². The summed E-state index contributed by atoms with van der Waals surface area (Å²) in [5.41, 5.74) is 0.502. The van der Waals surface area contributed by atoms with E-state index in [9.17, 15) is 9.59 Å². The summed E-state index contributed by atoms with van der Waals surface area (Å²) < 4.78 is 16.4. The molecule has 1 fully saturated rings. The zero-order valence-electron chi connectivity index (χ0n) is 20.0. The predicted molar refractivity (Wildman–Crippen MR) is 120 cm³/mol. The van der Waals surface area contributed by atoms with E-state index in [1.165, 1.54) is 0 Å². The fourth-order valence-corrected chi connectivity index (χ4v) is 3.72. The van der Waals surface area contributed by atoms with Gasteiger partial charge in [-0.05, 0) is 44.4 Å². The van der Waals surface area contributed by atoms with Crippen LogP contribution >= 0.6 is 0 Å². The van der Waals surface area contributed by atoms with E-state index in [-0.39, 0.29) is 29.3 Å². The molecule has 0 aliphatic carbocycles. The first-order valence-electron chi connectivity index (χ1n) is 10.6. The van der Waals surface area contributed by atoms with Crippen molar-refractivity contribution in [2.75, 3.05) is 41.0 Å². The number of likely N-dealkylation sites (tertiary alicyclic amines) is 1. The van der Waals surface area contributed by atoms with Gasteiger partial charge in [-0.3, -0.25) is 4.79 Å². The molecule has 2 rings (SSSR count). The lowest BCUT2D eigenvalue weighted by Crippen LogP contribution is -2.48. The van der Waals surface area contributed by atoms with Gasteiger partial charge in [0.2, 0.25) is 11.7 Å². The largest absolute Gasteiger partial charge is 0.493 e. The molecule has 0 spiro atoms. The van der Waals surface area contributed by atoms with E-state index < -0.39 is 0 Å². The molecule has 8 heteroatoms. The molecule has 1 saturated heterocycles. The second kappa shape index (κ2) is 10.1. The van der Waals surface area contributed by atoms with Crippen LogP contribution in [0.1, 0.15) is 46.1 Å². The maximum Gasteiger partial charge on any atom is 0.317 e. The Morgan fingerprint density at radius 1 is 1.06 bits per heavy atom. The summed E-state index contributed by atoms with van der Waals surface area (Å²) in [5.74, 6) is 1.24. The van der Waals surface area contributed by atoms with E-state index in [4.69, 9.17) is 14.2 Å². The number of nitrogens with zero attached hydrogens (tertiary/aromatic N) is 1. The monoisotopic (exact) mass is 435 g/mol. The van der Waals surface area contributed by atoms with Crippen molar-refractivity contribution in [1.29, 1.82) is 0 Å². The topological polar surface area (TPSA) is 89.1 Å². The van der Waals surface area contributed by atoms with Gasteiger partial charge in [0.15, 0.2) is 11.5 Å². The lowest BCUT2D eigenvalue weighted by molar-refractivity contribution is -0.125. The Bertz CT molecular complexity index is 763. The van der Waals surface area contributed by atoms with Crippen LogP contribution < -0.4 is 24.8 Å². The summed E-state index contributed by atoms with van der Waals surface area (Å²) in [7, 11) is 4.67. The highest BCUT2D eigenvalue weighted by atomic mass is 16.5. The molecular weight excluding hydrogens is 398 g/mol. The van der Waals surface area contributed by atoms with Crippen molar-refractivity contribution in [3.63, 3.8) is 0 Å². The number of ether oxygens (including phenoxy) is 3. The Kier molecular flexibility index (Phi) is 8.03. The second-order valence-corrected chi connectivity index (χ2v) is 9.40. The highest BCUT2D eigenvalue weighted by Crippen LogP contribution is 2.43. The van der Waals surface area contributed by atoms with Gasteiger partial charge in [0, 0.05) is 31.1 Å². The van der Waals surface area contributed by atoms with Crippen LogP contribution in [0.5, 0.6) is 17.2 Å². The molecule has 0 unspecified atom stereocenters. The van der Waals surface area contributed by atoms with Crippen molar-refractivity contribution in [3.05, 3.63) is 17.7 Å². The lowest BCUT2D eigenvalue weighted by atomic mass is 9.87. The van der Waals surface area contributed by atoms with Crippen LogP contribution in [-0.4, -0.2) is 63.3 Å². The number of hydrogen-bond donors (Lipinski definition) is 2. The second-order valence-electron chi connectivity index (χ2n) is 9.40. The van der Waals surface area contributed by atoms with Crippen LogP contribution in [0, 0.1) is 11.8 Å². The Labute approximate surface area is 185 Å². The number of carbonyl (C=O) groups excluding carboxylic acids is 2. The van der Waals surface area contributed by atoms with Crippen LogP contribution in [0.25, 0.3) is 0 Å². The molecule has 174 valence electrons. The molecule has 1 heterocycles. The number of amides is 3. The Hall–Kier alpha value is -2.64. The van der Waals surface area contributed by atoms with E-state index >= 15 is 0 Å². The van der Waals surface area contributed by atoms with Gasteiger partial charge in [-0.1, -0.05) is 13.8 Å². The van der Waals surface area contributed by atoms with Gasteiger partial charge in [-0.2, -0.15) is 0 Å². The van der Waals surface area contributed by atoms with Gasteiger partial charge in [-0.25, -0.2) is 4.79 Å². The van der Waals surface area contributed by atoms with Crippen LogP contribution in [0.3, 0.4) is 0 Å². The fourth-order valence-electron chi connectivity index (χ4n) is 3.72. The highest BCUT2D eigenvalue weighted by Gasteiger charge is 2.41. The molecule has 2 N–H and O–H groups in total. The maximum absolute atomic E-state index is 13.1. The molecule has 31 heavy (non-hydrogen) atoms. The summed E-state index contributed by atoms with van der Waals surface area (Å²) in [5, 5.41) is 6.02. The number of methoxy groups -OCH3 is 3. The van der Waals surface area contributed by atoms with Gasteiger partial charge < -0.3 is 29.7 Å². The van der Waals surface area contributed by atoms with Crippen LogP contribution in [0.4, 0.5) is 4.79 Å². The minimum absolute atomic E-state index is 0.0569. The fraction of sp³-hybridized carbons (Fsp3) is 0.652. The first kappa shape index (κ1) is 24.6. The minimum Gasteiger partial charge on any atom is -0.493 e. The van der Waals surface area contributed by atoms with E-state index in [1.54, 1.807) is 26.2 Å². The Morgan fingerprint density at radius 3 is 2.10 bits per heavy atom. The lowest BCUT2D eigenvalue weighted by Gasteiger charge is -2.25. The number of nitrogens with one attached hydrogen (secondary N) is 2. The molecule has 3 amide bonds. The van der Waals surface area contributed by atoms with Crippen molar-refractivity contribution in [2.45, 2.75) is 46.1 Å². The molecule has 8 nitrogen and oxygen atoms in total. The third-order valence-corrected chi connectivity index (χ3v) is 5.23. The molecule has 0 radical (unpaired) electrons. The van der Waals surface area contributed by atoms with Gasteiger partial charge in [-0.15, -0.1) is 0 Å². The van der Waals surface area contributed by atoms with E-state index in [2.05, 4.69) is 24.5 Å². The zero-order chi connectivity index (χ0) is 23.3. The minimum atomic E-state index is -0.382. The quantitative estimate of drug-likeness (QED) is 0.687. The zero-order valence-corrected chi connectivity index (χ0v) is 20.0. The van der Waals surface area contributed by atoms with Crippen LogP contribution in [0.2, 0.25) is 0 Å². The smallest absolute Gasteiger partial charge is 0.317 e. The molecule has 0 saturated carbocycles. The van der Waals surface area contributed by atoms with Gasteiger partial charge in [0.05, 0.1) is 27.2 Å². The SMILES string of the molecule is COc1cc([C@@H]2CN(C(=O)NC(C)(C)C)C[C@@H]2C(=O)NCC(C)C)cc(OC)c1OC. The number of rotatable bonds is 7. The molecule has 1 aliphatic heterocycles. The van der Waals surface area contributed by atoms with Gasteiger partial charge in [0.25, 0.3) is 0 Å². The molecule has 0 aromatic heterocycles. The maximum atomic E-state index is 13.1. The molecule has 1 aromatic carbocycles. The molecule has 1 aliphatic rings. The number of carbonyl (C=O) groups is 2. The van der Waals surface area contributed by atoms with Crippen molar-refractivity contribution in [2.24, 2.45) is 11.8 Å². The van der Waals surface area contributed by atoms with Crippen LogP contribution in [-0.2, 0) is 4.79 Å². The van der Waals surface area contributed by atoms with E-state index in [1.807, 2.05) is 32.9 Å². The average Bonchev–Trinajstić information content (AvgIpc) is 3.15. The average molecular weight is 436 g/mol.